The molecule has 1 aliphatic rings. The maximum absolute atomic E-state index is 13.8. The minimum atomic E-state index is -0.868. The highest BCUT2D eigenvalue weighted by molar-refractivity contribution is 5.69. The Morgan fingerprint density at radius 3 is 2.71 bits per heavy atom. The molecule has 17 heavy (non-hydrogen) atoms. The van der Waals surface area contributed by atoms with E-state index >= 15 is 0 Å². The van der Waals surface area contributed by atoms with E-state index in [9.17, 15) is 8.78 Å². The summed E-state index contributed by atoms with van der Waals surface area (Å²) in [4.78, 5) is 1.80. The predicted octanol–water partition coefficient (Wildman–Crippen LogP) is 2.16. The predicted molar refractivity (Wildman–Crippen MR) is 63.0 cm³/mol. The Balaban J connectivity index is 2.31. The number of nitrogen functional groups attached to an aromatic ring is 1. The number of hydrogen-bond donors (Lipinski definition) is 1. The third kappa shape index (κ3) is 2.49. The molecule has 0 bridgehead atoms. The SMILES string of the molecule is COCCN(c1c(N)ccc(F)c1F)C1CC1. The number of halogens is 2. The summed E-state index contributed by atoms with van der Waals surface area (Å²) in [6.45, 7) is 0.984. The van der Waals surface area contributed by atoms with Gasteiger partial charge in [0.2, 0.25) is 0 Å². The van der Waals surface area contributed by atoms with E-state index in [1.165, 1.54) is 6.07 Å². The second-order valence-electron chi connectivity index (χ2n) is 4.22. The summed E-state index contributed by atoms with van der Waals surface area (Å²) < 4.78 is 32.0. The normalized spacial score (nSPS) is 15.0. The van der Waals surface area contributed by atoms with Crippen molar-refractivity contribution < 1.29 is 13.5 Å². The summed E-state index contributed by atoms with van der Waals surface area (Å²) in [5.74, 6) is -1.73. The van der Waals surface area contributed by atoms with Crippen LogP contribution in [-0.2, 0) is 4.74 Å². The summed E-state index contributed by atoms with van der Waals surface area (Å²) in [5.41, 5.74) is 6.18. The van der Waals surface area contributed by atoms with Crippen LogP contribution < -0.4 is 10.6 Å². The molecule has 0 unspecified atom stereocenters. The summed E-state index contributed by atoms with van der Waals surface area (Å²) in [6.07, 6.45) is 1.97. The van der Waals surface area contributed by atoms with Gasteiger partial charge in [-0.1, -0.05) is 0 Å². The number of ether oxygens (including phenoxy) is 1. The van der Waals surface area contributed by atoms with E-state index in [1.54, 1.807) is 12.0 Å². The Morgan fingerprint density at radius 2 is 2.12 bits per heavy atom. The van der Waals surface area contributed by atoms with Crippen molar-refractivity contribution in [1.29, 1.82) is 0 Å². The van der Waals surface area contributed by atoms with Crippen LogP contribution in [0.15, 0.2) is 12.1 Å². The molecule has 1 aliphatic carbocycles. The first kappa shape index (κ1) is 12.1. The standard InChI is InChI=1S/C12H16F2N2O/c1-17-7-6-16(8-2-3-8)12-10(15)5-4-9(13)11(12)14/h4-5,8H,2-3,6-7,15H2,1H3. The topological polar surface area (TPSA) is 38.5 Å². The van der Waals surface area contributed by atoms with Gasteiger partial charge in [0.05, 0.1) is 18.0 Å². The molecular weight excluding hydrogens is 226 g/mol. The van der Waals surface area contributed by atoms with Crippen molar-refractivity contribution in [3.8, 4) is 0 Å². The Hall–Kier alpha value is -1.36. The highest BCUT2D eigenvalue weighted by atomic mass is 19.2. The number of hydrogen-bond acceptors (Lipinski definition) is 3. The maximum atomic E-state index is 13.8. The molecule has 0 aromatic heterocycles. The molecular formula is C12H16F2N2O. The van der Waals surface area contributed by atoms with E-state index < -0.39 is 11.6 Å². The smallest absolute Gasteiger partial charge is 0.184 e. The molecule has 0 heterocycles. The van der Waals surface area contributed by atoms with Crippen molar-refractivity contribution in [3.05, 3.63) is 23.8 Å². The van der Waals surface area contributed by atoms with Crippen LogP contribution in [0, 0.1) is 11.6 Å². The van der Waals surface area contributed by atoms with Crippen LogP contribution in [-0.4, -0.2) is 26.3 Å². The van der Waals surface area contributed by atoms with Gasteiger partial charge in [-0.15, -0.1) is 0 Å². The van der Waals surface area contributed by atoms with Gasteiger partial charge in [-0.05, 0) is 25.0 Å². The zero-order valence-corrected chi connectivity index (χ0v) is 9.75. The van der Waals surface area contributed by atoms with Crippen LogP contribution in [0.1, 0.15) is 12.8 Å². The summed E-state index contributed by atoms with van der Waals surface area (Å²) in [5, 5.41) is 0. The number of benzene rings is 1. The lowest BCUT2D eigenvalue weighted by molar-refractivity contribution is 0.204. The van der Waals surface area contributed by atoms with Crippen molar-refractivity contribution >= 4 is 11.4 Å². The van der Waals surface area contributed by atoms with Crippen molar-refractivity contribution in [2.24, 2.45) is 0 Å². The van der Waals surface area contributed by atoms with Crippen LogP contribution in [0.25, 0.3) is 0 Å². The second kappa shape index (κ2) is 4.87. The fraction of sp³-hybridized carbons (Fsp3) is 0.500. The van der Waals surface area contributed by atoms with Crippen LogP contribution in [0.2, 0.25) is 0 Å². The van der Waals surface area contributed by atoms with Gasteiger partial charge in [-0.2, -0.15) is 0 Å². The number of methoxy groups -OCH3 is 1. The van der Waals surface area contributed by atoms with Crippen molar-refractivity contribution in [1.82, 2.24) is 0 Å². The van der Waals surface area contributed by atoms with Gasteiger partial charge in [-0.3, -0.25) is 0 Å². The van der Waals surface area contributed by atoms with Gasteiger partial charge in [0, 0.05) is 19.7 Å². The van der Waals surface area contributed by atoms with Gasteiger partial charge in [0.1, 0.15) is 0 Å². The molecule has 1 aromatic carbocycles. The Labute approximate surface area is 99.2 Å². The minimum Gasteiger partial charge on any atom is -0.397 e. The van der Waals surface area contributed by atoms with E-state index in [0.29, 0.717) is 13.2 Å². The average molecular weight is 242 g/mol. The zero-order valence-electron chi connectivity index (χ0n) is 9.75. The Bertz CT molecular complexity index is 408. The molecule has 1 aromatic rings. The monoisotopic (exact) mass is 242 g/mol. The molecule has 0 atom stereocenters. The molecule has 0 radical (unpaired) electrons. The zero-order chi connectivity index (χ0) is 12.4. The first-order chi connectivity index (χ1) is 8.15. The maximum Gasteiger partial charge on any atom is 0.184 e. The van der Waals surface area contributed by atoms with Crippen LogP contribution in [0.4, 0.5) is 20.2 Å². The molecule has 2 rings (SSSR count). The molecule has 0 aliphatic heterocycles. The highest BCUT2D eigenvalue weighted by Crippen LogP contribution is 2.37. The molecule has 1 fully saturated rings. The van der Waals surface area contributed by atoms with Crippen LogP contribution >= 0.6 is 0 Å². The van der Waals surface area contributed by atoms with Gasteiger partial charge in [0.15, 0.2) is 11.6 Å². The van der Waals surface area contributed by atoms with Gasteiger partial charge >= 0.3 is 0 Å². The fourth-order valence-electron chi connectivity index (χ4n) is 1.90. The first-order valence-electron chi connectivity index (χ1n) is 5.64. The lowest BCUT2D eigenvalue weighted by Crippen LogP contribution is -2.31. The van der Waals surface area contributed by atoms with Gasteiger partial charge in [-0.25, -0.2) is 8.78 Å². The third-order valence-electron chi connectivity index (χ3n) is 2.91. The van der Waals surface area contributed by atoms with Crippen molar-refractivity contribution in [2.75, 3.05) is 30.9 Å². The van der Waals surface area contributed by atoms with Crippen molar-refractivity contribution in [2.45, 2.75) is 18.9 Å². The molecule has 0 amide bonds. The number of anilines is 2. The molecule has 2 N–H and O–H groups in total. The highest BCUT2D eigenvalue weighted by Gasteiger charge is 2.32. The largest absolute Gasteiger partial charge is 0.397 e. The first-order valence-corrected chi connectivity index (χ1v) is 5.64. The van der Waals surface area contributed by atoms with Crippen molar-refractivity contribution in [3.63, 3.8) is 0 Å². The quantitative estimate of drug-likeness (QED) is 0.804. The summed E-state index contributed by atoms with van der Waals surface area (Å²) in [7, 11) is 1.58. The molecule has 0 spiro atoms. The molecule has 3 nitrogen and oxygen atoms in total. The molecule has 94 valence electrons. The van der Waals surface area contributed by atoms with E-state index in [2.05, 4.69) is 0 Å². The summed E-state index contributed by atoms with van der Waals surface area (Å²) >= 11 is 0. The molecule has 5 heteroatoms. The summed E-state index contributed by atoms with van der Waals surface area (Å²) in [6, 6.07) is 2.70. The second-order valence-corrected chi connectivity index (χ2v) is 4.22. The van der Waals surface area contributed by atoms with Gasteiger partial charge in [0.25, 0.3) is 0 Å². The Kier molecular flexibility index (Phi) is 3.47. The minimum absolute atomic E-state index is 0.171. The fourth-order valence-corrected chi connectivity index (χ4v) is 1.90. The number of nitrogens with two attached hydrogens (primary N) is 1. The van der Waals surface area contributed by atoms with E-state index in [4.69, 9.17) is 10.5 Å². The molecule has 0 saturated heterocycles. The van der Waals surface area contributed by atoms with E-state index in [0.717, 1.165) is 18.9 Å². The molecule has 1 saturated carbocycles. The van der Waals surface area contributed by atoms with Crippen LogP contribution in [0.5, 0.6) is 0 Å². The lowest BCUT2D eigenvalue weighted by atomic mass is 10.2. The van der Waals surface area contributed by atoms with E-state index in [-0.39, 0.29) is 17.4 Å². The lowest BCUT2D eigenvalue weighted by Gasteiger charge is -2.26. The third-order valence-corrected chi connectivity index (χ3v) is 2.91. The Morgan fingerprint density at radius 1 is 1.41 bits per heavy atom. The average Bonchev–Trinajstić information content (AvgIpc) is 3.12. The van der Waals surface area contributed by atoms with Crippen LogP contribution in [0.3, 0.4) is 0 Å². The van der Waals surface area contributed by atoms with E-state index in [1.807, 2.05) is 0 Å². The number of rotatable bonds is 5. The van der Waals surface area contributed by atoms with Gasteiger partial charge < -0.3 is 15.4 Å². The number of nitrogens with zero attached hydrogens (tertiary/aromatic N) is 1.